The molecule has 1 aliphatic carbocycles. The topological polar surface area (TPSA) is 85.2 Å². The first-order chi connectivity index (χ1) is 19.1. The number of hydrogen-bond donors (Lipinski definition) is 2. The number of ether oxygens (including phenoxy) is 3. The van der Waals surface area contributed by atoms with Crippen LogP contribution in [0.1, 0.15) is 97.0 Å². The highest BCUT2D eigenvalue weighted by Crippen LogP contribution is 2.38. The van der Waals surface area contributed by atoms with Crippen molar-refractivity contribution in [3.05, 3.63) is 48.0 Å². The second-order valence-electron chi connectivity index (χ2n) is 9.58. The number of aliphatic hydroxyl groups is 2. The molecule has 2 N–H and O–H groups in total. The van der Waals surface area contributed by atoms with E-state index < -0.39 is 0 Å². The molecule has 0 aromatic heterocycles. The van der Waals surface area contributed by atoms with Crippen molar-refractivity contribution in [2.75, 3.05) is 33.0 Å². The fourth-order valence-corrected chi connectivity index (χ4v) is 4.89. The fraction of sp³-hybridized carbons (Fsp3) is 0.606. The van der Waals surface area contributed by atoms with E-state index in [4.69, 9.17) is 19.7 Å². The minimum absolute atomic E-state index is 0.0350. The molecule has 2 aromatic carbocycles. The number of benzene rings is 2. The molecular formula is C33H52O6. The molecule has 0 spiro atoms. The molecule has 6 nitrogen and oxygen atoms in total. The highest BCUT2D eigenvalue weighted by molar-refractivity contribution is 5.67. The van der Waals surface area contributed by atoms with Crippen LogP contribution in [0.25, 0.3) is 11.1 Å². The van der Waals surface area contributed by atoms with Gasteiger partial charge in [0.25, 0.3) is 6.47 Å². The second-order valence-corrected chi connectivity index (χ2v) is 9.58. The molecule has 1 aliphatic rings. The van der Waals surface area contributed by atoms with Gasteiger partial charge in [0, 0.05) is 6.07 Å². The molecule has 0 amide bonds. The van der Waals surface area contributed by atoms with Gasteiger partial charge in [0.15, 0.2) is 0 Å². The summed E-state index contributed by atoms with van der Waals surface area (Å²) in [4.78, 5) is 9.18. The van der Waals surface area contributed by atoms with Crippen molar-refractivity contribution < 1.29 is 29.2 Å². The number of unbranched alkanes of at least 4 members (excludes halogenated alkanes) is 3. The third-order valence-electron chi connectivity index (χ3n) is 6.86. The Morgan fingerprint density at radius 2 is 1.38 bits per heavy atom. The molecule has 6 heteroatoms. The Kier molecular flexibility index (Phi) is 19.7. The van der Waals surface area contributed by atoms with Gasteiger partial charge in [-0.3, -0.25) is 4.79 Å². The molecule has 39 heavy (non-hydrogen) atoms. The van der Waals surface area contributed by atoms with Gasteiger partial charge in [-0.2, -0.15) is 0 Å². The zero-order chi connectivity index (χ0) is 28.7. The Morgan fingerprint density at radius 1 is 0.795 bits per heavy atom. The normalized spacial score (nSPS) is 16.2. The molecule has 0 unspecified atom stereocenters. The molecule has 0 bridgehead atoms. The molecular weight excluding hydrogens is 492 g/mol. The van der Waals surface area contributed by atoms with E-state index in [0.29, 0.717) is 30.5 Å². The van der Waals surface area contributed by atoms with E-state index in [0.717, 1.165) is 17.0 Å². The Balaban J connectivity index is 0.000000975. The molecule has 1 saturated carbocycles. The van der Waals surface area contributed by atoms with Crippen molar-refractivity contribution in [3.8, 4) is 22.6 Å². The summed E-state index contributed by atoms with van der Waals surface area (Å²) >= 11 is 0. The molecule has 0 heterocycles. The van der Waals surface area contributed by atoms with Gasteiger partial charge in [0.1, 0.15) is 24.7 Å². The minimum Gasteiger partial charge on any atom is -0.491 e. The SMILES string of the molecule is CC.CCCCCCC1CCC(c2ccc(-c3cc(OCCO)cc(OCCO)c3)cc2)CC1.CCOC=O. The zero-order valence-electron chi connectivity index (χ0n) is 24.7. The van der Waals surface area contributed by atoms with Gasteiger partial charge in [0.05, 0.1) is 19.8 Å². The predicted molar refractivity (Wildman–Crippen MR) is 160 cm³/mol. The van der Waals surface area contributed by atoms with Crippen LogP contribution in [0.4, 0.5) is 0 Å². The first-order valence-electron chi connectivity index (χ1n) is 14.9. The third kappa shape index (κ3) is 13.9. The van der Waals surface area contributed by atoms with E-state index in [1.165, 1.54) is 63.4 Å². The van der Waals surface area contributed by atoms with Crippen molar-refractivity contribution >= 4 is 6.47 Å². The van der Waals surface area contributed by atoms with Crippen LogP contribution in [-0.4, -0.2) is 49.7 Å². The van der Waals surface area contributed by atoms with Crippen molar-refractivity contribution in [2.24, 2.45) is 5.92 Å². The molecule has 3 rings (SSSR count). The number of aliphatic hydroxyl groups excluding tert-OH is 2. The van der Waals surface area contributed by atoms with Crippen LogP contribution in [-0.2, 0) is 9.53 Å². The summed E-state index contributed by atoms with van der Waals surface area (Å²) in [6, 6.07) is 14.7. The predicted octanol–water partition coefficient (Wildman–Crippen LogP) is 7.55. The van der Waals surface area contributed by atoms with Gasteiger partial charge in [-0.25, -0.2) is 0 Å². The van der Waals surface area contributed by atoms with Gasteiger partial charge in [-0.1, -0.05) is 77.1 Å². The standard InChI is InChI=1S/C28H40O4.C3H6O2.C2H6/c1-2-3-4-5-6-22-7-9-23(10-8-22)24-11-13-25(14-12-24)26-19-27(31-17-15-29)21-28(20-26)32-18-16-30;1-2-5-3-4;1-2/h11-14,19-23,29-30H,2-10,15-18H2,1H3;3H,2H2,1H3;1-2H3. The first-order valence-corrected chi connectivity index (χ1v) is 14.9. The van der Waals surface area contributed by atoms with E-state index in [2.05, 4.69) is 35.9 Å². The van der Waals surface area contributed by atoms with E-state index in [9.17, 15) is 4.79 Å². The Hall–Kier alpha value is -2.57. The summed E-state index contributed by atoms with van der Waals surface area (Å²) in [5.41, 5.74) is 3.57. The van der Waals surface area contributed by atoms with Gasteiger partial charge in [-0.15, -0.1) is 0 Å². The summed E-state index contributed by atoms with van der Waals surface area (Å²) in [5, 5.41) is 18.1. The Morgan fingerprint density at radius 3 is 1.85 bits per heavy atom. The van der Waals surface area contributed by atoms with Crippen molar-refractivity contribution in [2.45, 2.75) is 91.4 Å². The lowest BCUT2D eigenvalue weighted by molar-refractivity contribution is -0.128. The summed E-state index contributed by atoms with van der Waals surface area (Å²) in [6.07, 6.45) is 12.3. The summed E-state index contributed by atoms with van der Waals surface area (Å²) in [5.74, 6) is 2.93. The first kappa shape index (κ1) is 34.5. The Labute approximate surface area is 236 Å². The van der Waals surface area contributed by atoms with Crippen LogP contribution in [0.3, 0.4) is 0 Å². The average Bonchev–Trinajstić information content (AvgIpc) is 2.99. The summed E-state index contributed by atoms with van der Waals surface area (Å²) in [7, 11) is 0. The number of hydrogen-bond acceptors (Lipinski definition) is 6. The van der Waals surface area contributed by atoms with Crippen molar-refractivity contribution in [1.82, 2.24) is 0 Å². The third-order valence-corrected chi connectivity index (χ3v) is 6.86. The smallest absolute Gasteiger partial charge is 0.293 e. The van der Waals surface area contributed by atoms with Gasteiger partial charge in [0.2, 0.25) is 0 Å². The molecule has 0 aliphatic heterocycles. The monoisotopic (exact) mass is 544 g/mol. The molecule has 220 valence electrons. The highest BCUT2D eigenvalue weighted by atomic mass is 16.5. The van der Waals surface area contributed by atoms with Crippen LogP contribution in [0.15, 0.2) is 42.5 Å². The zero-order valence-corrected chi connectivity index (χ0v) is 24.7. The van der Waals surface area contributed by atoms with E-state index in [1.54, 1.807) is 13.0 Å². The van der Waals surface area contributed by atoms with Crippen LogP contribution in [0.5, 0.6) is 11.5 Å². The molecule has 2 aromatic rings. The lowest BCUT2D eigenvalue weighted by atomic mass is 9.77. The van der Waals surface area contributed by atoms with Gasteiger partial charge < -0.3 is 24.4 Å². The number of carbonyl (C=O) groups excluding carboxylic acids is 1. The van der Waals surface area contributed by atoms with Crippen LogP contribution >= 0.6 is 0 Å². The van der Waals surface area contributed by atoms with Crippen molar-refractivity contribution in [1.29, 1.82) is 0 Å². The number of carbonyl (C=O) groups is 1. The lowest BCUT2D eigenvalue weighted by Gasteiger charge is -2.29. The van der Waals surface area contributed by atoms with E-state index >= 15 is 0 Å². The lowest BCUT2D eigenvalue weighted by Crippen LogP contribution is -2.13. The average molecular weight is 545 g/mol. The van der Waals surface area contributed by atoms with Gasteiger partial charge >= 0.3 is 0 Å². The number of rotatable bonds is 15. The maximum atomic E-state index is 9.18. The minimum atomic E-state index is -0.0350. The van der Waals surface area contributed by atoms with Gasteiger partial charge in [-0.05, 0) is 73.3 Å². The highest BCUT2D eigenvalue weighted by Gasteiger charge is 2.22. The molecule has 0 atom stereocenters. The molecule has 0 radical (unpaired) electrons. The summed E-state index contributed by atoms with van der Waals surface area (Å²) in [6.45, 7) is 9.35. The maximum absolute atomic E-state index is 9.18. The molecule has 0 saturated heterocycles. The fourth-order valence-electron chi connectivity index (χ4n) is 4.89. The Bertz CT molecular complexity index is 833. The van der Waals surface area contributed by atoms with Crippen LogP contribution < -0.4 is 9.47 Å². The largest absolute Gasteiger partial charge is 0.491 e. The van der Waals surface area contributed by atoms with Crippen LogP contribution in [0.2, 0.25) is 0 Å². The van der Waals surface area contributed by atoms with Crippen molar-refractivity contribution in [3.63, 3.8) is 0 Å². The quantitative estimate of drug-likeness (QED) is 0.178. The molecule has 1 fully saturated rings. The van der Waals surface area contributed by atoms with Crippen LogP contribution in [0, 0.1) is 5.92 Å². The van der Waals surface area contributed by atoms with E-state index in [-0.39, 0.29) is 26.4 Å². The summed E-state index contributed by atoms with van der Waals surface area (Å²) < 4.78 is 15.4. The van der Waals surface area contributed by atoms with E-state index in [1.807, 2.05) is 26.0 Å². The maximum Gasteiger partial charge on any atom is 0.293 e. The second kappa shape index (κ2) is 22.3.